The van der Waals surface area contributed by atoms with Crippen LogP contribution in [0.4, 0.5) is 0 Å². The smallest absolute Gasteiger partial charge is 0.308 e. The van der Waals surface area contributed by atoms with Crippen molar-refractivity contribution in [1.82, 2.24) is 5.32 Å². The summed E-state index contributed by atoms with van der Waals surface area (Å²) in [5.41, 5.74) is 2.78. The van der Waals surface area contributed by atoms with Crippen molar-refractivity contribution >= 4 is 11.9 Å². The molecule has 24 heavy (non-hydrogen) atoms. The molecule has 1 atom stereocenters. The number of aliphatic carboxylic acids is 1. The number of nitrogens with one attached hydrogen (secondary N) is 1. The van der Waals surface area contributed by atoms with Crippen LogP contribution in [-0.2, 0) is 22.4 Å². The van der Waals surface area contributed by atoms with E-state index in [2.05, 4.69) is 5.32 Å². The summed E-state index contributed by atoms with van der Waals surface area (Å²) in [7, 11) is 0. The van der Waals surface area contributed by atoms with Crippen molar-refractivity contribution in [3.63, 3.8) is 0 Å². The maximum absolute atomic E-state index is 12.0. The Balaban J connectivity index is 1.90. The molecule has 2 aromatic carbocycles. The van der Waals surface area contributed by atoms with Crippen molar-refractivity contribution in [3.8, 4) is 5.75 Å². The van der Waals surface area contributed by atoms with Crippen LogP contribution in [0.3, 0.4) is 0 Å². The molecule has 5 heteroatoms. The molecule has 0 saturated carbocycles. The van der Waals surface area contributed by atoms with Gasteiger partial charge in [-0.05, 0) is 36.6 Å². The van der Waals surface area contributed by atoms with Gasteiger partial charge in [0.1, 0.15) is 5.75 Å². The van der Waals surface area contributed by atoms with Gasteiger partial charge in [-0.2, -0.15) is 0 Å². The summed E-state index contributed by atoms with van der Waals surface area (Å²) in [4.78, 5) is 23.4. The molecule has 0 spiro atoms. The molecule has 1 unspecified atom stereocenters. The molecule has 0 aliphatic carbocycles. The molecule has 0 heterocycles. The second kappa shape index (κ2) is 8.15. The Hall–Kier alpha value is -2.82. The minimum Gasteiger partial charge on any atom is -0.508 e. The molecule has 5 nitrogen and oxygen atoms in total. The zero-order valence-electron chi connectivity index (χ0n) is 13.5. The first kappa shape index (κ1) is 17.5. The molecule has 0 fully saturated rings. The second-order valence-electron chi connectivity index (χ2n) is 5.88. The summed E-state index contributed by atoms with van der Waals surface area (Å²) in [6, 6.07) is 14.1. The summed E-state index contributed by atoms with van der Waals surface area (Å²) in [6.07, 6.45) is 0.521. The van der Waals surface area contributed by atoms with E-state index in [1.54, 1.807) is 12.1 Å². The first-order valence-corrected chi connectivity index (χ1v) is 7.77. The zero-order valence-corrected chi connectivity index (χ0v) is 13.5. The van der Waals surface area contributed by atoms with Gasteiger partial charge in [0.05, 0.1) is 12.3 Å². The minimum atomic E-state index is -0.929. The molecule has 0 bridgehead atoms. The van der Waals surface area contributed by atoms with E-state index in [-0.39, 0.29) is 24.6 Å². The fraction of sp³-hybridized carbons (Fsp3) is 0.263. The third-order valence-electron chi connectivity index (χ3n) is 3.76. The molecule has 3 N–H and O–H groups in total. The van der Waals surface area contributed by atoms with Gasteiger partial charge in [-0.15, -0.1) is 0 Å². The monoisotopic (exact) mass is 327 g/mol. The standard InChI is InChI=1S/C19H21NO4/c1-13-3-2-4-15(9-13)10-16(19(23)24)12-20-18(22)11-14-5-7-17(21)8-6-14/h2-9,16,21H,10-12H2,1H3,(H,20,22)(H,23,24). The molecule has 126 valence electrons. The Labute approximate surface area is 141 Å². The summed E-state index contributed by atoms with van der Waals surface area (Å²) < 4.78 is 0. The van der Waals surface area contributed by atoms with Gasteiger partial charge in [-0.1, -0.05) is 42.0 Å². The van der Waals surface area contributed by atoms with Crippen molar-refractivity contribution in [1.29, 1.82) is 0 Å². The van der Waals surface area contributed by atoms with Crippen molar-refractivity contribution < 1.29 is 19.8 Å². The number of hydrogen-bond donors (Lipinski definition) is 3. The Morgan fingerprint density at radius 1 is 1.08 bits per heavy atom. The molecule has 0 saturated heterocycles. The number of aromatic hydroxyl groups is 1. The first-order chi connectivity index (χ1) is 11.4. The minimum absolute atomic E-state index is 0.0835. The molecule has 2 rings (SSSR count). The summed E-state index contributed by atoms with van der Waals surface area (Å²) >= 11 is 0. The largest absolute Gasteiger partial charge is 0.508 e. The fourth-order valence-electron chi connectivity index (χ4n) is 2.47. The van der Waals surface area contributed by atoms with Crippen LogP contribution in [0.1, 0.15) is 16.7 Å². The van der Waals surface area contributed by atoms with Crippen LogP contribution in [0.2, 0.25) is 0 Å². The number of carboxylic acid groups (broad SMARTS) is 1. The van der Waals surface area contributed by atoms with Crippen LogP contribution in [0.25, 0.3) is 0 Å². The van der Waals surface area contributed by atoms with Crippen LogP contribution in [-0.4, -0.2) is 28.6 Å². The molecule has 2 aromatic rings. The van der Waals surface area contributed by atoms with E-state index >= 15 is 0 Å². The van der Waals surface area contributed by atoms with Crippen LogP contribution >= 0.6 is 0 Å². The van der Waals surface area contributed by atoms with E-state index in [4.69, 9.17) is 0 Å². The molecular formula is C19H21NO4. The van der Waals surface area contributed by atoms with Crippen molar-refractivity contribution in [3.05, 3.63) is 65.2 Å². The van der Waals surface area contributed by atoms with Crippen LogP contribution in [0.5, 0.6) is 5.75 Å². The predicted molar refractivity (Wildman–Crippen MR) is 90.8 cm³/mol. The summed E-state index contributed by atoms with van der Waals surface area (Å²) in [6.45, 7) is 2.04. The highest BCUT2D eigenvalue weighted by Gasteiger charge is 2.19. The fourth-order valence-corrected chi connectivity index (χ4v) is 2.47. The highest BCUT2D eigenvalue weighted by molar-refractivity contribution is 5.79. The van der Waals surface area contributed by atoms with Crippen LogP contribution in [0, 0.1) is 12.8 Å². The van der Waals surface area contributed by atoms with E-state index in [1.165, 1.54) is 12.1 Å². The number of hydrogen-bond acceptors (Lipinski definition) is 3. The van der Waals surface area contributed by atoms with Gasteiger partial charge in [-0.25, -0.2) is 0 Å². The van der Waals surface area contributed by atoms with Crippen molar-refractivity contribution in [2.24, 2.45) is 5.92 Å². The van der Waals surface area contributed by atoms with E-state index < -0.39 is 11.9 Å². The van der Waals surface area contributed by atoms with Gasteiger partial charge in [-0.3, -0.25) is 9.59 Å². The maximum atomic E-state index is 12.0. The average molecular weight is 327 g/mol. The molecule has 0 radical (unpaired) electrons. The molecule has 0 aliphatic rings. The first-order valence-electron chi connectivity index (χ1n) is 7.77. The Bertz CT molecular complexity index is 710. The molecule has 0 aromatic heterocycles. The van der Waals surface area contributed by atoms with Crippen LogP contribution in [0.15, 0.2) is 48.5 Å². The number of benzene rings is 2. The number of carbonyl (C=O) groups excluding carboxylic acids is 1. The lowest BCUT2D eigenvalue weighted by molar-refractivity contribution is -0.141. The number of amides is 1. The van der Waals surface area contributed by atoms with E-state index in [9.17, 15) is 19.8 Å². The lowest BCUT2D eigenvalue weighted by atomic mass is 9.98. The van der Waals surface area contributed by atoms with E-state index in [1.807, 2.05) is 31.2 Å². The van der Waals surface area contributed by atoms with Crippen LogP contribution < -0.4 is 5.32 Å². The normalized spacial score (nSPS) is 11.7. The van der Waals surface area contributed by atoms with E-state index in [0.29, 0.717) is 6.42 Å². The predicted octanol–water partition coefficient (Wildman–Crippen LogP) is 2.30. The zero-order chi connectivity index (χ0) is 17.5. The topological polar surface area (TPSA) is 86.6 Å². The quantitative estimate of drug-likeness (QED) is 0.728. The Kier molecular flexibility index (Phi) is 5.95. The third-order valence-corrected chi connectivity index (χ3v) is 3.76. The highest BCUT2D eigenvalue weighted by atomic mass is 16.4. The number of rotatable bonds is 7. The molecule has 0 aliphatic heterocycles. The van der Waals surface area contributed by atoms with Crippen molar-refractivity contribution in [2.75, 3.05) is 6.54 Å². The lowest BCUT2D eigenvalue weighted by Crippen LogP contribution is -2.34. The van der Waals surface area contributed by atoms with Gasteiger partial charge in [0.15, 0.2) is 0 Å². The number of carbonyl (C=O) groups is 2. The average Bonchev–Trinajstić information content (AvgIpc) is 2.53. The van der Waals surface area contributed by atoms with Gasteiger partial charge in [0, 0.05) is 6.54 Å². The van der Waals surface area contributed by atoms with E-state index in [0.717, 1.165) is 16.7 Å². The van der Waals surface area contributed by atoms with Gasteiger partial charge in [0.2, 0.25) is 5.91 Å². The Morgan fingerprint density at radius 2 is 1.79 bits per heavy atom. The van der Waals surface area contributed by atoms with Crippen molar-refractivity contribution in [2.45, 2.75) is 19.8 Å². The molecule has 1 amide bonds. The SMILES string of the molecule is Cc1cccc(CC(CNC(=O)Cc2ccc(O)cc2)C(=O)O)c1. The number of phenolic OH excluding ortho intramolecular Hbond substituents is 1. The highest BCUT2D eigenvalue weighted by Crippen LogP contribution is 2.12. The third kappa shape index (κ3) is 5.43. The maximum Gasteiger partial charge on any atom is 0.308 e. The lowest BCUT2D eigenvalue weighted by Gasteiger charge is -2.14. The van der Waals surface area contributed by atoms with Gasteiger partial charge < -0.3 is 15.5 Å². The second-order valence-corrected chi connectivity index (χ2v) is 5.88. The number of carboxylic acids is 1. The number of aryl methyl sites for hydroxylation is 1. The molecular weight excluding hydrogens is 306 g/mol. The van der Waals surface area contributed by atoms with Gasteiger partial charge in [0.25, 0.3) is 0 Å². The summed E-state index contributed by atoms with van der Waals surface area (Å²) in [5.74, 6) is -1.70. The Morgan fingerprint density at radius 3 is 2.42 bits per heavy atom. The van der Waals surface area contributed by atoms with Gasteiger partial charge >= 0.3 is 5.97 Å². The number of phenols is 1. The summed E-state index contributed by atoms with van der Waals surface area (Å²) in [5, 5.41) is 21.3.